The maximum absolute atomic E-state index is 15.3. The second-order valence-corrected chi connectivity index (χ2v) is 22.1. The van der Waals surface area contributed by atoms with Gasteiger partial charge in [-0.3, -0.25) is 0 Å². The molecule has 0 saturated heterocycles. The van der Waals surface area contributed by atoms with Crippen LogP contribution in [0.25, 0.3) is 11.1 Å². The van der Waals surface area contributed by atoms with Gasteiger partial charge in [0.05, 0.1) is 5.56 Å². The van der Waals surface area contributed by atoms with Gasteiger partial charge in [0.25, 0.3) is 0 Å². The molecule has 0 nitrogen and oxygen atoms in total. The minimum Gasteiger partial charge on any atom is -0.207 e. The van der Waals surface area contributed by atoms with Crippen LogP contribution in [0.3, 0.4) is 0 Å². The molecule has 8 aromatic carbocycles. The van der Waals surface area contributed by atoms with Gasteiger partial charge in [-0.05, 0) is 88.4 Å². The van der Waals surface area contributed by atoms with E-state index < -0.39 is 27.9 Å². The highest BCUT2D eigenvalue weighted by atomic mass is 28.3. The number of rotatable bonds is 8. The van der Waals surface area contributed by atoms with Crippen LogP contribution in [0.15, 0.2) is 206 Å². The van der Waals surface area contributed by atoms with Gasteiger partial charge in [0.15, 0.2) is 16.1 Å². The Hall–Kier alpha value is -6.09. The topological polar surface area (TPSA) is 0 Å². The van der Waals surface area contributed by atoms with Crippen molar-refractivity contribution in [1.29, 1.82) is 0 Å². The fraction of sp³-hybridized carbons (Fsp3) is 0.0400. The Balaban J connectivity index is 1.32. The average molecular weight is 769 g/mol. The lowest BCUT2D eigenvalue weighted by Crippen LogP contribution is -2.75. The van der Waals surface area contributed by atoms with Gasteiger partial charge in [0, 0.05) is 0 Å². The van der Waals surface area contributed by atoms with Crippen LogP contribution < -0.4 is 41.5 Å². The maximum atomic E-state index is 15.3. The maximum Gasteiger partial charge on any atom is 0.416 e. The fourth-order valence-electron chi connectivity index (χ4n) is 9.04. The number of benzene rings is 8. The Kier molecular flexibility index (Phi) is 9.03. The Bertz CT molecular complexity index is 2580. The van der Waals surface area contributed by atoms with Crippen LogP contribution in [0.5, 0.6) is 0 Å². The molecule has 0 N–H and O–H groups in total. The Morgan fingerprint density at radius 2 is 0.696 bits per heavy atom. The lowest BCUT2D eigenvalue weighted by atomic mass is 10.1. The van der Waals surface area contributed by atoms with Crippen LogP contribution in [0, 0.1) is 5.82 Å². The summed E-state index contributed by atoms with van der Waals surface area (Å²) in [5.74, 6) is -0.278. The predicted octanol–water partition coefficient (Wildman–Crippen LogP) is 7.17. The normalized spacial score (nSPS) is 12.6. The minimum absolute atomic E-state index is 0.278. The largest absolute Gasteiger partial charge is 0.416 e. The van der Waals surface area contributed by atoms with Crippen LogP contribution in [-0.2, 0) is 12.6 Å². The quantitative estimate of drug-likeness (QED) is 0.0875. The minimum atomic E-state index is -4.49. The number of halogens is 4. The first-order valence-electron chi connectivity index (χ1n) is 18.7. The molecule has 0 radical (unpaired) electrons. The Morgan fingerprint density at radius 3 is 1.09 bits per heavy atom. The standard InChI is InChI=1S/C50H36F4Si2/c51-39-16-14-26-45(33-39)56(42-21-9-3-10-22-42,43-23-11-4-12-24-43)47-30-28-37-31-36-27-29-46(34-48(36)49(37)35-47)55(40-17-5-1-6-18-40,41-19-7-2-8-20-41)44-25-13-15-38(32-44)50(52,53)54/h1-30,32-35H,31H2. The predicted molar refractivity (Wildman–Crippen MR) is 227 cm³/mol. The summed E-state index contributed by atoms with van der Waals surface area (Å²) in [6.07, 6.45) is -3.75. The number of alkyl halides is 3. The molecule has 0 spiro atoms. The zero-order valence-corrected chi connectivity index (χ0v) is 32.3. The van der Waals surface area contributed by atoms with Gasteiger partial charge in [-0.2, -0.15) is 13.2 Å². The fourth-order valence-corrected chi connectivity index (χ4v) is 18.6. The first kappa shape index (κ1) is 35.6. The second kappa shape index (κ2) is 14.2. The summed E-state index contributed by atoms with van der Waals surface area (Å²) in [6.45, 7) is 0. The van der Waals surface area contributed by atoms with Gasteiger partial charge in [-0.1, -0.05) is 188 Å². The summed E-state index contributed by atoms with van der Waals surface area (Å²) in [5, 5.41) is 8.05. The Morgan fingerprint density at radius 1 is 0.339 bits per heavy atom. The van der Waals surface area contributed by atoms with Gasteiger partial charge in [0.2, 0.25) is 0 Å². The van der Waals surface area contributed by atoms with E-state index in [0.29, 0.717) is 5.19 Å². The molecule has 9 rings (SSSR count). The van der Waals surface area contributed by atoms with Gasteiger partial charge < -0.3 is 0 Å². The zero-order valence-electron chi connectivity index (χ0n) is 30.3. The van der Waals surface area contributed by atoms with Crippen molar-refractivity contribution in [3.05, 3.63) is 229 Å². The third-order valence-electron chi connectivity index (χ3n) is 11.5. The van der Waals surface area contributed by atoms with Crippen LogP contribution >= 0.6 is 0 Å². The van der Waals surface area contributed by atoms with E-state index in [2.05, 4.69) is 115 Å². The summed E-state index contributed by atoms with van der Waals surface area (Å²) >= 11 is 0. The zero-order chi connectivity index (χ0) is 38.3. The van der Waals surface area contributed by atoms with Gasteiger partial charge in [-0.15, -0.1) is 0 Å². The summed E-state index contributed by atoms with van der Waals surface area (Å²) in [4.78, 5) is 0. The molecule has 0 aliphatic heterocycles. The van der Waals surface area contributed by atoms with Crippen LogP contribution in [0.2, 0.25) is 0 Å². The highest BCUT2D eigenvalue weighted by molar-refractivity contribution is 7.20. The molecular weight excluding hydrogens is 733 g/mol. The van der Waals surface area contributed by atoms with Gasteiger partial charge in [0.1, 0.15) is 5.82 Å². The van der Waals surface area contributed by atoms with E-state index in [1.807, 2.05) is 54.6 Å². The summed E-state index contributed by atoms with van der Waals surface area (Å²) in [7, 11) is -6.39. The molecule has 0 saturated carbocycles. The number of fused-ring (bicyclic) bond motifs is 3. The first-order valence-corrected chi connectivity index (χ1v) is 22.7. The molecule has 0 bridgehead atoms. The van der Waals surface area contributed by atoms with Gasteiger partial charge in [-0.25, -0.2) is 4.39 Å². The van der Waals surface area contributed by atoms with Gasteiger partial charge >= 0.3 is 6.18 Å². The van der Waals surface area contributed by atoms with Crippen molar-refractivity contribution in [2.24, 2.45) is 0 Å². The van der Waals surface area contributed by atoms with Crippen molar-refractivity contribution in [1.82, 2.24) is 0 Å². The molecule has 1 aliphatic rings. The van der Waals surface area contributed by atoms with E-state index in [1.54, 1.807) is 18.2 Å². The molecule has 6 heteroatoms. The first-order chi connectivity index (χ1) is 27.3. The van der Waals surface area contributed by atoms with E-state index in [0.717, 1.165) is 59.9 Å². The van der Waals surface area contributed by atoms with Crippen LogP contribution in [0.4, 0.5) is 17.6 Å². The third kappa shape index (κ3) is 5.88. The Labute approximate surface area is 326 Å². The van der Waals surface area contributed by atoms with Crippen molar-refractivity contribution in [3.8, 4) is 11.1 Å². The van der Waals surface area contributed by atoms with E-state index in [1.165, 1.54) is 23.3 Å². The van der Waals surface area contributed by atoms with E-state index in [9.17, 15) is 13.2 Å². The molecular formula is C50H36F4Si2. The number of hydrogen-bond donors (Lipinski definition) is 0. The highest BCUT2D eigenvalue weighted by Crippen LogP contribution is 2.36. The van der Waals surface area contributed by atoms with Crippen molar-refractivity contribution in [2.45, 2.75) is 12.6 Å². The van der Waals surface area contributed by atoms with Crippen molar-refractivity contribution < 1.29 is 17.6 Å². The third-order valence-corrected chi connectivity index (χ3v) is 21.0. The number of hydrogen-bond acceptors (Lipinski definition) is 0. The lowest BCUT2D eigenvalue weighted by molar-refractivity contribution is -0.137. The molecule has 1 aliphatic carbocycles. The molecule has 8 aromatic rings. The molecule has 0 fully saturated rings. The van der Waals surface area contributed by atoms with E-state index >= 15 is 4.39 Å². The lowest BCUT2D eigenvalue weighted by Gasteiger charge is -2.35. The van der Waals surface area contributed by atoms with Crippen molar-refractivity contribution >= 4 is 57.6 Å². The van der Waals surface area contributed by atoms with Crippen LogP contribution in [-0.4, -0.2) is 16.1 Å². The molecule has 56 heavy (non-hydrogen) atoms. The molecule has 0 aromatic heterocycles. The van der Waals surface area contributed by atoms with Crippen molar-refractivity contribution in [2.75, 3.05) is 0 Å². The van der Waals surface area contributed by atoms with Crippen LogP contribution in [0.1, 0.15) is 16.7 Å². The average Bonchev–Trinajstić information content (AvgIpc) is 3.61. The summed E-state index contributed by atoms with van der Waals surface area (Å²) in [5.41, 5.74) is 3.89. The summed E-state index contributed by atoms with van der Waals surface area (Å²) in [6, 6.07) is 67.4. The van der Waals surface area contributed by atoms with Crippen molar-refractivity contribution in [3.63, 3.8) is 0 Å². The molecule has 272 valence electrons. The smallest absolute Gasteiger partial charge is 0.207 e. The molecule has 0 atom stereocenters. The second-order valence-electron chi connectivity index (χ2n) is 14.5. The molecule has 0 amide bonds. The SMILES string of the molecule is Fc1cccc([Si](c2ccccc2)(c2ccccc2)c2ccc3c(c2)-c2cc([Si](c4ccccc4)(c4ccccc4)c4cccc(C(F)(F)F)c4)ccc2C3)c1. The van der Waals surface area contributed by atoms with E-state index in [4.69, 9.17) is 0 Å². The molecule has 0 unspecified atom stereocenters. The monoisotopic (exact) mass is 768 g/mol. The highest BCUT2D eigenvalue weighted by Gasteiger charge is 2.45. The molecule has 0 heterocycles. The summed E-state index contributed by atoms with van der Waals surface area (Å²) < 4.78 is 58.6. The van der Waals surface area contributed by atoms with E-state index in [-0.39, 0.29) is 5.82 Å².